The smallest absolute Gasteiger partial charge is 0.232 e. The third kappa shape index (κ3) is 4.59. The van der Waals surface area contributed by atoms with Crippen molar-refractivity contribution < 1.29 is 27.0 Å². The number of aromatic amines is 3. The molecule has 0 aliphatic carbocycles. The van der Waals surface area contributed by atoms with Crippen LogP contribution in [0.15, 0.2) is 30.7 Å². The maximum absolute atomic E-state index is 15.2. The van der Waals surface area contributed by atoms with Gasteiger partial charge in [-0.2, -0.15) is 5.10 Å². The second-order valence-corrected chi connectivity index (χ2v) is 9.48. The van der Waals surface area contributed by atoms with E-state index in [2.05, 4.69) is 35.2 Å². The molecule has 3 heterocycles. The van der Waals surface area contributed by atoms with E-state index in [0.717, 1.165) is 17.8 Å². The van der Waals surface area contributed by atoms with Crippen LogP contribution in [0, 0.1) is 18.6 Å². The van der Waals surface area contributed by atoms with Gasteiger partial charge in [0.25, 0.3) is 0 Å². The summed E-state index contributed by atoms with van der Waals surface area (Å²) in [6.07, 6.45) is 3.00. The molecule has 0 aliphatic heterocycles. The number of anilines is 2. The zero-order valence-electron chi connectivity index (χ0n) is 18.3. The topological polar surface area (TPSA) is 147 Å². The lowest BCUT2D eigenvalue weighted by atomic mass is 10.0. The molecular weight excluding hydrogens is 468 g/mol. The number of carbonyl (C=O) groups excluding carboxylic acids is 1. The number of nitrogens with one attached hydrogen (secondary N) is 5. The number of aromatic nitrogens is 5. The van der Waals surface area contributed by atoms with Gasteiger partial charge in [-0.05, 0) is 31.5 Å². The first-order valence-corrected chi connectivity index (χ1v) is 12.0. The van der Waals surface area contributed by atoms with Crippen molar-refractivity contribution in [3.8, 4) is 0 Å². The van der Waals surface area contributed by atoms with Gasteiger partial charge in [-0.15, -0.1) is 0 Å². The van der Waals surface area contributed by atoms with Gasteiger partial charge in [-0.3, -0.25) is 19.9 Å². The van der Waals surface area contributed by atoms with Gasteiger partial charge in [0.05, 0.1) is 28.3 Å². The molecule has 0 aliphatic rings. The maximum Gasteiger partial charge on any atom is 0.232 e. The van der Waals surface area contributed by atoms with E-state index < -0.39 is 38.7 Å². The maximum atomic E-state index is 15.2. The number of rotatable bonds is 9. The van der Waals surface area contributed by atoms with Crippen LogP contribution in [0.25, 0.3) is 11.0 Å². The van der Waals surface area contributed by atoms with E-state index in [1.54, 1.807) is 6.92 Å². The largest absolute Gasteiger partial charge is 0.332 e. The molecule has 0 spiro atoms. The number of benzene rings is 1. The van der Waals surface area contributed by atoms with E-state index >= 15 is 4.39 Å². The highest BCUT2D eigenvalue weighted by Crippen LogP contribution is 2.29. The van der Waals surface area contributed by atoms with Crippen LogP contribution >= 0.6 is 0 Å². The van der Waals surface area contributed by atoms with Gasteiger partial charge < -0.3 is 4.98 Å². The molecule has 1 aromatic carbocycles. The lowest BCUT2D eigenvalue weighted by molar-refractivity contribution is -0.364. The molecular formula is C21H22F2N7O3S+. The Balaban J connectivity index is 1.72. The minimum atomic E-state index is -3.85. The number of nitrogens with zero attached hydrogens (tertiary/aromatic N) is 2. The minimum Gasteiger partial charge on any atom is -0.332 e. The van der Waals surface area contributed by atoms with Crippen LogP contribution in [0.3, 0.4) is 0 Å². The Bertz CT molecular complexity index is 1480. The Kier molecular flexibility index (Phi) is 6.28. The lowest BCUT2D eigenvalue weighted by Crippen LogP contribution is -2.19. The fourth-order valence-electron chi connectivity index (χ4n) is 3.52. The van der Waals surface area contributed by atoms with E-state index in [0.29, 0.717) is 30.1 Å². The molecule has 0 saturated heterocycles. The Morgan fingerprint density at radius 1 is 1.26 bits per heavy atom. The van der Waals surface area contributed by atoms with Crippen molar-refractivity contribution in [1.82, 2.24) is 20.2 Å². The zero-order chi connectivity index (χ0) is 24.5. The van der Waals surface area contributed by atoms with Crippen LogP contribution in [-0.2, 0) is 16.6 Å². The summed E-state index contributed by atoms with van der Waals surface area (Å²) >= 11 is 0. The van der Waals surface area contributed by atoms with E-state index in [-0.39, 0.29) is 16.7 Å². The van der Waals surface area contributed by atoms with Crippen LogP contribution in [0.5, 0.6) is 0 Å². The van der Waals surface area contributed by atoms with Crippen molar-refractivity contribution in [2.75, 3.05) is 15.8 Å². The zero-order valence-corrected chi connectivity index (χ0v) is 19.1. The van der Waals surface area contributed by atoms with Crippen molar-refractivity contribution in [2.24, 2.45) is 0 Å². The summed E-state index contributed by atoms with van der Waals surface area (Å²) in [5, 5.41) is 10.4. The Morgan fingerprint density at radius 2 is 2.06 bits per heavy atom. The molecule has 34 heavy (non-hydrogen) atoms. The lowest BCUT2D eigenvalue weighted by Gasteiger charge is -2.11. The summed E-state index contributed by atoms with van der Waals surface area (Å²) in [5.41, 5.74) is 0.460. The van der Waals surface area contributed by atoms with E-state index in [1.165, 1.54) is 12.5 Å². The number of halogens is 2. The number of fused-ring (bicyclic) bond motifs is 1. The van der Waals surface area contributed by atoms with Gasteiger partial charge in [0, 0.05) is 11.9 Å². The number of hydrogen-bond acceptors (Lipinski definition) is 6. The Morgan fingerprint density at radius 3 is 2.76 bits per heavy atom. The molecule has 5 N–H and O–H groups in total. The van der Waals surface area contributed by atoms with Gasteiger partial charge in [-0.25, -0.2) is 22.2 Å². The molecule has 4 rings (SSSR count). The third-order valence-electron chi connectivity index (χ3n) is 5.02. The van der Waals surface area contributed by atoms with Gasteiger partial charge in [0.1, 0.15) is 17.7 Å². The minimum absolute atomic E-state index is 0.0496. The van der Waals surface area contributed by atoms with Crippen LogP contribution < -0.4 is 15.0 Å². The second kappa shape index (κ2) is 9.17. The Hall–Kier alpha value is -3.87. The SMILES string of the molecule is CCCS(=O)(=O)Nc1ccc(F)c(C(=O)c2c[nH]c3nc[nH+]c(NCc4cc(C)[nH]n4)c23)c1F. The molecule has 0 amide bonds. The molecule has 0 bridgehead atoms. The molecule has 0 unspecified atom stereocenters. The number of ketones is 1. The molecule has 3 aromatic heterocycles. The summed E-state index contributed by atoms with van der Waals surface area (Å²) in [6, 6.07) is 3.63. The van der Waals surface area contributed by atoms with Crippen molar-refractivity contribution in [3.63, 3.8) is 0 Å². The number of carbonyl (C=O) groups is 1. The van der Waals surface area contributed by atoms with Gasteiger partial charge >= 0.3 is 0 Å². The van der Waals surface area contributed by atoms with Crippen LogP contribution in [-0.4, -0.2) is 40.1 Å². The highest BCUT2D eigenvalue weighted by Gasteiger charge is 2.28. The highest BCUT2D eigenvalue weighted by atomic mass is 32.2. The second-order valence-electron chi connectivity index (χ2n) is 7.63. The average Bonchev–Trinajstić information content (AvgIpc) is 3.40. The predicted octanol–water partition coefficient (Wildman–Crippen LogP) is 2.68. The van der Waals surface area contributed by atoms with Crippen LogP contribution in [0.1, 0.15) is 40.7 Å². The summed E-state index contributed by atoms with van der Waals surface area (Å²) in [7, 11) is -3.85. The molecule has 0 atom stereocenters. The van der Waals surface area contributed by atoms with Crippen molar-refractivity contribution in [2.45, 2.75) is 26.8 Å². The van der Waals surface area contributed by atoms with Crippen molar-refractivity contribution >= 4 is 38.3 Å². The highest BCUT2D eigenvalue weighted by molar-refractivity contribution is 7.92. The first kappa shape index (κ1) is 23.3. The molecule has 178 valence electrons. The van der Waals surface area contributed by atoms with Gasteiger partial charge in [0.2, 0.25) is 33.6 Å². The number of hydrogen-bond donors (Lipinski definition) is 4. The first-order chi connectivity index (χ1) is 16.2. The summed E-state index contributed by atoms with van der Waals surface area (Å²) in [6.45, 7) is 3.81. The first-order valence-electron chi connectivity index (χ1n) is 10.4. The molecule has 4 aromatic rings. The Labute approximate surface area is 193 Å². The summed E-state index contributed by atoms with van der Waals surface area (Å²) in [4.78, 5) is 23.1. The van der Waals surface area contributed by atoms with Crippen LogP contribution in [0.4, 0.5) is 20.3 Å². The van der Waals surface area contributed by atoms with Gasteiger partial charge in [-0.1, -0.05) is 11.9 Å². The molecule has 0 radical (unpaired) electrons. The summed E-state index contributed by atoms with van der Waals surface area (Å²) in [5.74, 6) is -3.26. The van der Waals surface area contributed by atoms with Gasteiger partial charge in [0.15, 0.2) is 5.82 Å². The van der Waals surface area contributed by atoms with Crippen molar-refractivity contribution in [3.05, 3.63) is 64.9 Å². The van der Waals surface area contributed by atoms with Crippen molar-refractivity contribution in [1.29, 1.82) is 0 Å². The fourth-order valence-corrected chi connectivity index (χ4v) is 4.66. The number of sulfonamides is 1. The van der Waals surface area contributed by atoms with E-state index in [1.807, 2.05) is 13.0 Å². The predicted molar refractivity (Wildman–Crippen MR) is 121 cm³/mol. The molecule has 0 saturated carbocycles. The summed E-state index contributed by atoms with van der Waals surface area (Å²) < 4.78 is 56.0. The monoisotopic (exact) mass is 490 g/mol. The molecule has 0 fully saturated rings. The molecule has 10 nitrogen and oxygen atoms in total. The quantitative estimate of drug-likeness (QED) is 0.265. The standard InChI is InChI=1S/C21H21F2N7O3S/c1-3-6-34(32,33)30-15-5-4-14(22)17(18(15)23)19(31)13-9-25-21-16(13)20(26-10-27-21)24-8-12-7-11(2)28-29-12/h4-5,7,9-10,30H,3,6,8H2,1-2H3,(H,28,29)(H2,24,25,26,27)/p+1. The van der Waals surface area contributed by atoms with E-state index in [4.69, 9.17) is 0 Å². The fraction of sp³-hybridized carbons (Fsp3) is 0.238. The number of H-pyrrole nitrogens is 3. The normalized spacial score (nSPS) is 11.6. The van der Waals surface area contributed by atoms with Crippen LogP contribution in [0.2, 0.25) is 0 Å². The molecule has 13 heteroatoms. The third-order valence-corrected chi connectivity index (χ3v) is 6.49. The van der Waals surface area contributed by atoms with E-state index in [9.17, 15) is 17.6 Å². The average molecular weight is 491 g/mol. The number of aryl methyl sites for hydroxylation is 1.